The van der Waals surface area contributed by atoms with Crippen molar-refractivity contribution in [2.24, 2.45) is 0 Å². The highest BCUT2D eigenvalue weighted by atomic mass is 16.5. The van der Waals surface area contributed by atoms with Gasteiger partial charge in [-0.3, -0.25) is 9.59 Å². The molecule has 0 saturated carbocycles. The lowest BCUT2D eigenvalue weighted by molar-refractivity contribution is -0.116. The first kappa shape index (κ1) is 23.8. The molecule has 0 aliphatic carbocycles. The third-order valence-corrected chi connectivity index (χ3v) is 5.74. The Labute approximate surface area is 205 Å². The van der Waals surface area contributed by atoms with Gasteiger partial charge in [-0.1, -0.05) is 48.5 Å². The summed E-state index contributed by atoms with van der Waals surface area (Å²) in [5.41, 5.74) is 3.89. The number of ether oxygens (including phenoxy) is 1. The van der Waals surface area contributed by atoms with Crippen molar-refractivity contribution in [3.63, 3.8) is 0 Å². The first-order valence-corrected chi connectivity index (χ1v) is 11.4. The zero-order chi connectivity index (χ0) is 24.8. The molecular formula is C28H28N4O3. The van der Waals surface area contributed by atoms with Crippen LogP contribution in [0.2, 0.25) is 0 Å². The van der Waals surface area contributed by atoms with E-state index in [1.807, 2.05) is 92.7 Å². The van der Waals surface area contributed by atoms with Crippen molar-refractivity contribution in [2.75, 3.05) is 25.5 Å². The molecule has 1 N–H and O–H groups in total. The van der Waals surface area contributed by atoms with Gasteiger partial charge in [0.15, 0.2) is 0 Å². The average Bonchev–Trinajstić information content (AvgIpc) is 3.31. The Kier molecular flexibility index (Phi) is 7.26. The van der Waals surface area contributed by atoms with Gasteiger partial charge in [0.1, 0.15) is 18.1 Å². The normalized spacial score (nSPS) is 10.6. The summed E-state index contributed by atoms with van der Waals surface area (Å²) in [6.45, 7) is 4.09. The third-order valence-electron chi connectivity index (χ3n) is 5.74. The SMILES string of the molecule is CCN(CC(=O)Nc1cc(-c2ccccc2)nn1-c1ccc(OC)cc1)C(=O)c1ccccc1C. The first-order chi connectivity index (χ1) is 17.0. The maximum absolute atomic E-state index is 13.1. The predicted molar refractivity (Wildman–Crippen MR) is 137 cm³/mol. The van der Waals surface area contributed by atoms with Crippen LogP contribution < -0.4 is 10.1 Å². The first-order valence-electron chi connectivity index (χ1n) is 11.4. The van der Waals surface area contributed by atoms with Crippen LogP contribution in [-0.2, 0) is 4.79 Å². The summed E-state index contributed by atoms with van der Waals surface area (Å²) in [4.78, 5) is 27.6. The predicted octanol–water partition coefficient (Wildman–Crippen LogP) is 4.96. The molecule has 0 unspecified atom stereocenters. The van der Waals surface area contributed by atoms with Crippen LogP contribution in [0.3, 0.4) is 0 Å². The summed E-state index contributed by atoms with van der Waals surface area (Å²) in [6.07, 6.45) is 0. The van der Waals surface area contributed by atoms with E-state index in [-0.39, 0.29) is 18.4 Å². The fourth-order valence-electron chi connectivity index (χ4n) is 3.81. The van der Waals surface area contributed by atoms with Crippen LogP contribution in [0.4, 0.5) is 5.82 Å². The number of anilines is 1. The number of carbonyl (C=O) groups excluding carboxylic acids is 2. The number of aromatic nitrogens is 2. The van der Waals surface area contributed by atoms with Crippen molar-refractivity contribution in [3.05, 3.63) is 96.1 Å². The van der Waals surface area contributed by atoms with E-state index in [0.29, 0.717) is 17.9 Å². The number of aryl methyl sites for hydroxylation is 1. The van der Waals surface area contributed by atoms with Crippen LogP contribution in [-0.4, -0.2) is 46.7 Å². The fourth-order valence-corrected chi connectivity index (χ4v) is 3.81. The van der Waals surface area contributed by atoms with Crippen molar-refractivity contribution in [2.45, 2.75) is 13.8 Å². The molecule has 0 aliphatic rings. The second-order valence-corrected chi connectivity index (χ2v) is 8.07. The molecular weight excluding hydrogens is 440 g/mol. The van der Waals surface area contributed by atoms with E-state index in [1.54, 1.807) is 17.9 Å². The van der Waals surface area contributed by atoms with Gasteiger partial charge in [0, 0.05) is 23.7 Å². The van der Waals surface area contributed by atoms with Crippen LogP contribution in [0, 0.1) is 6.92 Å². The highest BCUT2D eigenvalue weighted by Crippen LogP contribution is 2.26. The van der Waals surface area contributed by atoms with Gasteiger partial charge in [-0.15, -0.1) is 0 Å². The number of benzene rings is 3. The van der Waals surface area contributed by atoms with Gasteiger partial charge in [-0.2, -0.15) is 5.10 Å². The lowest BCUT2D eigenvalue weighted by Crippen LogP contribution is -2.38. The fraction of sp³-hybridized carbons (Fsp3) is 0.179. The number of rotatable bonds is 8. The smallest absolute Gasteiger partial charge is 0.254 e. The minimum absolute atomic E-state index is 0.0713. The van der Waals surface area contributed by atoms with Gasteiger partial charge in [-0.05, 0) is 49.7 Å². The molecule has 178 valence electrons. The van der Waals surface area contributed by atoms with Crippen molar-refractivity contribution >= 4 is 17.6 Å². The number of likely N-dealkylation sites (N-methyl/N-ethyl adjacent to an activating group) is 1. The molecule has 4 aromatic rings. The van der Waals surface area contributed by atoms with Gasteiger partial charge >= 0.3 is 0 Å². The monoisotopic (exact) mass is 468 g/mol. The summed E-state index contributed by atoms with van der Waals surface area (Å²) < 4.78 is 6.94. The van der Waals surface area contributed by atoms with E-state index < -0.39 is 0 Å². The van der Waals surface area contributed by atoms with Crippen LogP contribution >= 0.6 is 0 Å². The second-order valence-electron chi connectivity index (χ2n) is 8.07. The summed E-state index contributed by atoms with van der Waals surface area (Å²) in [6, 6.07) is 26.4. The third kappa shape index (κ3) is 5.41. The summed E-state index contributed by atoms with van der Waals surface area (Å²) in [5, 5.41) is 7.68. The van der Waals surface area contributed by atoms with E-state index in [0.717, 1.165) is 28.3 Å². The van der Waals surface area contributed by atoms with Gasteiger partial charge in [-0.25, -0.2) is 4.68 Å². The summed E-state index contributed by atoms with van der Waals surface area (Å²) in [5.74, 6) is 0.763. The van der Waals surface area contributed by atoms with Gasteiger partial charge in [0.2, 0.25) is 5.91 Å². The number of amides is 2. The average molecular weight is 469 g/mol. The Bertz CT molecular complexity index is 1310. The maximum atomic E-state index is 13.1. The van der Waals surface area contributed by atoms with Crippen LogP contribution in [0.15, 0.2) is 84.9 Å². The molecule has 0 saturated heterocycles. The van der Waals surface area contributed by atoms with Crippen LogP contribution in [0.5, 0.6) is 5.75 Å². The Morgan fingerprint density at radius 1 is 0.971 bits per heavy atom. The van der Waals surface area contributed by atoms with E-state index in [9.17, 15) is 9.59 Å². The lowest BCUT2D eigenvalue weighted by atomic mass is 10.1. The van der Waals surface area contributed by atoms with E-state index in [1.165, 1.54) is 4.90 Å². The topological polar surface area (TPSA) is 76.5 Å². The second kappa shape index (κ2) is 10.7. The summed E-state index contributed by atoms with van der Waals surface area (Å²) in [7, 11) is 1.61. The molecule has 0 spiro atoms. The molecule has 0 bridgehead atoms. The Hall–Kier alpha value is -4.39. The van der Waals surface area contributed by atoms with Gasteiger partial charge in [0.05, 0.1) is 18.5 Å². The van der Waals surface area contributed by atoms with E-state index in [4.69, 9.17) is 9.84 Å². The quantitative estimate of drug-likeness (QED) is 0.397. The molecule has 3 aromatic carbocycles. The van der Waals surface area contributed by atoms with E-state index >= 15 is 0 Å². The standard InChI is InChI=1S/C28H28N4O3/c1-4-31(28(34)24-13-9-8-10-20(24)2)19-27(33)29-26-18-25(21-11-6-5-7-12-21)30-32(26)22-14-16-23(35-3)17-15-22/h5-18H,4,19H2,1-3H3,(H,29,33). The Morgan fingerprint density at radius 3 is 2.31 bits per heavy atom. The molecule has 4 rings (SSSR count). The molecule has 0 radical (unpaired) electrons. The minimum Gasteiger partial charge on any atom is -0.497 e. The lowest BCUT2D eigenvalue weighted by Gasteiger charge is -2.21. The van der Waals surface area contributed by atoms with E-state index in [2.05, 4.69) is 5.32 Å². The minimum atomic E-state index is -0.303. The zero-order valence-corrected chi connectivity index (χ0v) is 20.1. The van der Waals surface area contributed by atoms with Crippen molar-refractivity contribution in [1.82, 2.24) is 14.7 Å². The van der Waals surface area contributed by atoms with Crippen molar-refractivity contribution in [1.29, 1.82) is 0 Å². The number of hydrogen-bond acceptors (Lipinski definition) is 4. The van der Waals surface area contributed by atoms with Crippen molar-refractivity contribution in [3.8, 4) is 22.7 Å². The Morgan fingerprint density at radius 2 is 1.66 bits per heavy atom. The molecule has 7 heteroatoms. The number of nitrogens with zero attached hydrogens (tertiary/aromatic N) is 3. The zero-order valence-electron chi connectivity index (χ0n) is 20.1. The maximum Gasteiger partial charge on any atom is 0.254 e. The molecule has 2 amide bonds. The number of methoxy groups -OCH3 is 1. The van der Waals surface area contributed by atoms with Crippen LogP contribution in [0.1, 0.15) is 22.8 Å². The summed E-state index contributed by atoms with van der Waals surface area (Å²) >= 11 is 0. The Balaban J connectivity index is 1.60. The molecule has 7 nitrogen and oxygen atoms in total. The number of carbonyl (C=O) groups is 2. The molecule has 0 aliphatic heterocycles. The van der Waals surface area contributed by atoms with Gasteiger partial charge in [0.25, 0.3) is 5.91 Å². The number of nitrogens with one attached hydrogen (secondary N) is 1. The molecule has 1 heterocycles. The molecule has 0 fully saturated rings. The highest BCUT2D eigenvalue weighted by molar-refractivity contribution is 6.00. The highest BCUT2D eigenvalue weighted by Gasteiger charge is 2.20. The molecule has 0 atom stereocenters. The molecule has 35 heavy (non-hydrogen) atoms. The molecule has 1 aromatic heterocycles. The van der Waals surface area contributed by atoms with Crippen molar-refractivity contribution < 1.29 is 14.3 Å². The number of hydrogen-bond donors (Lipinski definition) is 1. The largest absolute Gasteiger partial charge is 0.497 e. The van der Waals surface area contributed by atoms with Gasteiger partial charge < -0.3 is 15.0 Å². The van der Waals surface area contributed by atoms with Crippen LogP contribution in [0.25, 0.3) is 16.9 Å².